The van der Waals surface area contributed by atoms with Crippen molar-refractivity contribution in [3.8, 4) is 0 Å². The van der Waals surface area contributed by atoms with Crippen molar-refractivity contribution in [1.82, 2.24) is 15.6 Å². The van der Waals surface area contributed by atoms with Gasteiger partial charge in [0.15, 0.2) is 0 Å². The quantitative estimate of drug-likeness (QED) is 0.717. The van der Waals surface area contributed by atoms with Gasteiger partial charge in [0.1, 0.15) is 0 Å². The van der Waals surface area contributed by atoms with Gasteiger partial charge in [-0.15, -0.1) is 0 Å². The molecule has 0 atom stereocenters. The van der Waals surface area contributed by atoms with E-state index < -0.39 is 0 Å². The van der Waals surface area contributed by atoms with E-state index in [4.69, 9.17) is 0 Å². The maximum Gasteiger partial charge on any atom is 0.251 e. The number of hydrogen-bond acceptors (Lipinski definition) is 2. The molecule has 1 aromatic carbocycles. The highest BCUT2D eigenvalue weighted by Crippen LogP contribution is 2.27. The smallest absolute Gasteiger partial charge is 0.251 e. The standard InChI is InChI=1S/C18H23N3O2/c22-17(11-13-3-1-2-4-13)20-9-10-21-18(23)15-6-5-14-7-8-19-16(14)12-15/h5-8,12-13,19H,1-4,9-11H2,(H,20,22)(H,21,23). The number of fused-ring (bicyclic) bond motifs is 1. The third-order valence-corrected chi connectivity index (χ3v) is 4.50. The van der Waals surface area contributed by atoms with Gasteiger partial charge in [0, 0.05) is 36.8 Å². The molecule has 5 nitrogen and oxygen atoms in total. The molecular formula is C18H23N3O2. The first kappa shape index (κ1) is 15.6. The summed E-state index contributed by atoms with van der Waals surface area (Å²) < 4.78 is 0. The summed E-state index contributed by atoms with van der Waals surface area (Å²) >= 11 is 0. The fraction of sp³-hybridized carbons (Fsp3) is 0.444. The number of hydrogen-bond donors (Lipinski definition) is 3. The van der Waals surface area contributed by atoms with Crippen molar-refractivity contribution in [2.45, 2.75) is 32.1 Å². The predicted molar refractivity (Wildman–Crippen MR) is 90.2 cm³/mol. The Balaban J connectivity index is 1.39. The lowest BCUT2D eigenvalue weighted by molar-refractivity contribution is -0.121. The highest BCUT2D eigenvalue weighted by Gasteiger charge is 2.18. The van der Waals surface area contributed by atoms with Crippen molar-refractivity contribution >= 4 is 22.7 Å². The minimum Gasteiger partial charge on any atom is -0.361 e. The van der Waals surface area contributed by atoms with Crippen LogP contribution in [0.1, 0.15) is 42.5 Å². The van der Waals surface area contributed by atoms with Crippen molar-refractivity contribution in [1.29, 1.82) is 0 Å². The van der Waals surface area contributed by atoms with Gasteiger partial charge in [0.05, 0.1) is 0 Å². The zero-order chi connectivity index (χ0) is 16.1. The van der Waals surface area contributed by atoms with Gasteiger partial charge in [-0.1, -0.05) is 18.9 Å². The lowest BCUT2D eigenvalue weighted by atomic mass is 10.0. The van der Waals surface area contributed by atoms with Crippen LogP contribution in [0.4, 0.5) is 0 Å². The second-order valence-corrected chi connectivity index (χ2v) is 6.24. The second kappa shape index (κ2) is 7.31. The summed E-state index contributed by atoms with van der Waals surface area (Å²) in [5.41, 5.74) is 1.57. The number of aromatic nitrogens is 1. The molecule has 1 aliphatic carbocycles. The highest BCUT2D eigenvalue weighted by molar-refractivity contribution is 5.97. The Hall–Kier alpha value is -2.30. The molecule has 2 amide bonds. The summed E-state index contributed by atoms with van der Waals surface area (Å²) in [4.78, 5) is 27.0. The molecule has 1 saturated carbocycles. The lowest BCUT2D eigenvalue weighted by Gasteiger charge is -2.10. The molecule has 1 heterocycles. The first-order chi connectivity index (χ1) is 11.2. The van der Waals surface area contributed by atoms with Crippen molar-refractivity contribution < 1.29 is 9.59 Å². The Morgan fingerprint density at radius 2 is 1.87 bits per heavy atom. The molecule has 3 N–H and O–H groups in total. The molecule has 1 aromatic heterocycles. The van der Waals surface area contributed by atoms with Gasteiger partial charge in [-0.05, 0) is 42.3 Å². The number of nitrogens with one attached hydrogen (secondary N) is 3. The first-order valence-corrected chi connectivity index (χ1v) is 8.34. The van der Waals surface area contributed by atoms with Crippen molar-refractivity contribution in [3.05, 3.63) is 36.0 Å². The van der Waals surface area contributed by atoms with Gasteiger partial charge in [-0.25, -0.2) is 0 Å². The third-order valence-electron chi connectivity index (χ3n) is 4.50. The Morgan fingerprint density at radius 1 is 1.09 bits per heavy atom. The Morgan fingerprint density at radius 3 is 2.70 bits per heavy atom. The molecule has 2 aromatic rings. The lowest BCUT2D eigenvalue weighted by Crippen LogP contribution is -2.35. The number of rotatable bonds is 6. The zero-order valence-electron chi connectivity index (χ0n) is 13.2. The van der Waals surface area contributed by atoms with E-state index in [1.807, 2.05) is 30.5 Å². The summed E-state index contributed by atoms with van der Waals surface area (Å²) in [7, 11) is 0. The van der Waals surface area contributed by atoms with Gasteiger partial charge in [0.2, 0.25) is 5.91 Å². The van der Waals surface area contributed by atoms with Crippen LogP contribution >= 0.6 is 0 Å². The van der Waals surface area contributed by atoms with E-state index in [9.17, 15) is 9.59 Å². The molecule has 3 rings (SSSR count). The largest absolute Gasteiger partial charge is 0.361 e. The first-order valence-electron chi connectivity index (χ1n) is 8.34. The maximum atomic E-state index is 12.1. The van der Waals surface area contributed by atoms with Crippen molar-refractivity contribution in [3.63, 3.8) is 0 Å². The van der Waals surface area contributed by atoms with Crippen molar-refractivity contribution in [2.24, 2.45) is 5.92 Å². The average Bonchev–Trinajstić information content (AvgIpc) is 3.21. The third kappa shape index (κ3) is 4.12. The van der Waals surface area contributed by atoms with Crippen LogP contribution in [-0.2, 0) is 4.79 Å². The van der Waals surface area contributed by atoms with Crippen LogP contribution in [0.3, 0.4) is 0 Å². The SMILES string of the molecule is O=C(CC1CCCC1)NCCNC(=O)c1ccc2cc[nH]c2c1. The summed E-state index contributed by atoms with van der Waals surface area (Å²) in [6.45, 7) is 0.917. The van der Waals surface area contributed by atoms with Crippen LogP contribution in [0.15, 0.2) is 30.5 Å². The van der Waals surface area contributed by atoms with E-state index in [0.717, 1.165) is 10.9 Å². The van der Waals surface area contributed by atoms with E-state index >= 15 is 0 Å². The fourth-order valence-corrected chi connectivity index (χ4v) is 3.22. The van der Waals surface area contributed by atoms with Gasteiger partial charge in [0.25, 0.3) is 5.91 Å². The van der Waals surface area contributed by atoms with E-state index in [2.05, 4.69) is 15.6 Å². The minimum absolute atomic E-state index is 0.0963. The number of carbonyl (C=O) groups is 2. The summed E-state index contributed by atoms with van der Waals surface area (Å²) in [5, 5.41) is 6.80. The predicted octanol–water partition coefficient (Wildman–Crippen LogP) is 2.59. The Kier molecular flexibility index (Phi) is 4.95. The van der Waals surface area contributed by atoms with E-state index in [1.165, 1.54) is 25.7 Å². The number of carbonyl (C=O) groups excluding carboxylic acids is 2. The van der Waals surface area contributed by atoms with Crippen molar-refractivity contribution in [2.75, 3.05) is 13.1 Å². The molecule has 0 saturated heterocycles. The summed E-state index contributed by atoms with van der Waals surface area (Å²) in [6, 6.07) is 7.54. The van der Waals surface area contributed by atoms with Crippen LogP contribution in [0.5, 0.6) is 0 Å². The molecule has 122 valence electrons. The van der Waals surface area contributed by atoms with Crippen LogP contribution < -0.4 is 10.6 Å². The molecule has 1 aliphatic rings. The number of aromatic amines is 1. The normalized spacial score (nSPS) is 15.0. The molecule has 0 spiro atoms. The molecule has 23 heavy (non-hydrogen) atoms. The van der Waals surface area contributed by atoms with Crippen LogP contribution in [0.25, 0.3) is 10.9 Å². The number of amides is 2. The topological polar surface area (TPSA) is 74.0 Å². The molecule has 0 aliphatic heterocycles. The number of H-pyrrole nitrogens is 1. The molecule has 0 unspecified atom stereocenters. The van der Waals surface area contributed by atoms with E-state index in [0.29, 0.717) is 31.0 Å². The molecule has 0 bridgehead atoms. The molecular weight excluding hydrogens is 290 g/mol. The summed E-state index contributed by atoms with van der Waals surface area (Å²) in [5.74, 6) is 0.530. The van der Waals surface area contributed by atoms with Gasteiger partial charge in [-0.3, -0.25) is 9.59 Å². The van der Waals surface area contributed by atoms with Gasteiger partial charge in [-0.2, -0.15) is 0 Å². The monoisotopic (exact) mass is 313 g/mol. The zero-order valence-corrected chi connectivity index (χ0v) is 13.2. The van der Waals surface area contributed by atoms with Gasteiger partial charge >= 0.3 is 0 Å². The van der Waals surface area contributed by atoms with E-state index in [-0.39, 0.29) is 11.8 Å². The average molecular weight is 313 g/mol. The second-order valence-electron chi connectivity index (χ2n) is 6.24. The minimum atomic E-state index is -0.119. The molecule has 0 radical (unpaired) electrons. The molecule has 1 fully saturated rings. The molecule has 5 heteroatoms. The highest BCUT2D eigenvalue weighted by atomic mass is 16.2. The fourth-order valence-electron chi connectivity index (χ4n) is 3.22. The van der Waals surface area contributed by atoms with Crippen LogP contribution in [-0.4, -0.2) is 29.9 Å². The van der Waals surface area contributed by atoms with Gasteiger partial charge < -0.3 is 15.6 Å². The maximum absolute atomic E-state index is 12.1. The van der Waals surface area contributed by atoms with Crippen LogP contribution in [0.2, 0.25) is 0 Å². The van der Waals surface area contributed by atoms with E-state index in [1.54, 1.807) is 0 Å². The summed E-state index contributed by atoms with van der Waals surface area (Å²) in [6.07, 6.45) is 7.32. The van der Waals surface area contributed by atoms with Crippen LogP contribution in [0, 0.1) is 5.92 Å². The Labute approximate surface area is 135 Å². The number of benzene rings is 1. The Bertz CT molecular complexity index is 686.